The summed E-state index contributed by atoms with van der Waals surface area (Å²) in [4.78, 5) is 12.4. The molecule has 0 bridgehead atoms. The lowest BCUT2D eigenvalue weighted by atomic mass is 9.89. The number of aliphatic hydroxyl groups excluding tert-OH is 1. The van der Waals surface area contributed by atoms with E-state index in [1.807, 2.05) is 25.1 Å². The SMILES string of the molecule is CC(Cc1cccc(CC(=O)NCC2CCCCC2)c1)NCC(O)c1cc(O)cc(O)c1. The molecule has 0 saturated heterocycles. The summed E-state index contributed by atoms with van der Waals surface area (Å²) in [6.45, 7) is 3.13. The molecule has 6 heteroatoms. The molecule has 3 rings (SSSR count). The largest absolute Gasteiger partial charge is 0.508 e. The molecule has 1 amide bonds. The number of aromatic hydroxyl groups is 2. The summed E-state index contributed by atoms with van der Waals surface area (Å²) in [5.74, 6) is 0.555. The van der Waals surface area contributed by atoms with Gasteiger partial charge >= 0.3 is 0 Å². The fourth-order valence-corrected chi connectivity index (χ4v) is 4.43. The summed E-state index contributed by atoms with van der Waals surface area (Å²) in [7, 11) is 0. The summed E-state index contributed by atoms with van der Waals surface area (Å²) in [6.07, 6.45) is 6.64. The van der Waals surface area contributed by atoms with Crippen molar-refractivity contribution in [1.29, 1.82) is 0 Å². The van der Waals surface area contributed by atoms with Crippen LogP contribution in [0.3, 0.4) is 0 Å². The summed E-state index contributed by atoms with van der Waals surface area (Å²) >= 11 is 0. The molecule has 2 aromatic rings. The van der Waals surface area contributed by atoms with Gasteiger partial charge in [0.25, 0.3) is 0 Å². The van der Waals surface area contributed by atoms with Gasteiger partial charge in [0, 0.05) is 25.2 Å². The van der Waals surface area contributed by atoms with Crippen LogP contribution in [0, 0.1) is 5.92 Å². The fourth-order valence-electron chi connectivity index (χ4n) is 4.43. The van der Waals surface area contributed by atoms with Crippen LogP contribution in [0.4, 0.5) is 0 Å². The molecule has 0 heterocycles. The van der Waals surface area contributed by atoms with Crippen molar-refractivity contribution in [3.05, 3.63) is 59.2 Å². The smallest absolute Gasteiger partial charge is 0.224 e. The third-order valence-corrected chi connectivity index (χ3v) is 6.18. The Balaban J connectivity index is 1.44. The molecular formula is C26H36N2O4. The van der Waals surface area contributed by atoms with Crippen LogP contribution in [-0.2, 0) is 17.6 Å². The van der Waals surface area contributed by atoms with E-state index in [2.05, 4.69) is 16.7 Å². The number of nitrogens with one attached hydrogen (secondary N) is 2. The van der Waals surface area contributed by atoms with Gasteiger partial charge in [0.1, 0.15) is 11.5 Å². The number of rotatable bonds is 10. The molecule has 32 heavy (non-hydrogen) atoms. The molecule has 0 aromatic heterocycles. The molecule has 5 N–H and O–H groups in total. The van der Waals surface area contributed by atoms with Gasteiger partial charge in [0.15, 0.2) is 0 Å². The van der Waals surface area contributed by atoms with Gasteiger partial charge in [-0.2, -0.15) is 0 Å². The number of hydrogen-bond acceptors (Lipinski definition) is 5. The number of hydrogen-bond donors (Lipinski definition) is 5. The second kappa shape index (κ2) is 11.9. The van der Waals surface area contributed by atoms with E-state index in [0.29, 0.717) is 24.4 Å². The topological polar surface area (TPSA) is 102 Å². The Hall–Kier alpha value is -2.57. The van der Waals surface area contributed by atoms with E-state index in [0.717, 1.165) is 24.1 Å². The first-order chi connectivity index (χ1) is 15.4. The van der Waals surface area contributed by atoms with E-state index in [1.54, 1.807) is 0 Å². The van der Waals surface area contributed by atoms with Crippen molar-refractivity contribution in [2.24, 2.45) is 5.92 Å². The lowest BCUT2D eigenvalue weighted by Crippen LogP contribution is -2.32. The van der Waals surface area contributed by atoms with Crippen molar-refractivity contribution >= 4 is 5.91 Å². The van der Waals surface area contributed by atoms with Crippen LogP contribution >= 0.6 is 0 Å². The van der Waals surface area contributed by atoms with Crippen LogP contribution in [0.15, 0.2) is 42.5 Å². The molecule has 6 nitrogen and oxygen atoms in total. The predicted molar refractivity (Wildman–Crippen MR) is 126 cm³/mol. The highest BCUT2D eigenvalue weighted by Crippen LogP contribution is 2.25. The molecule has 2 unspecified atom stereocenters. The molecule has 1 aliphatic carbocycles. The minimum Gasteiger partial charge on any atom is -0.508 e. The maximum absolute atomic E-state index is 12.4. The molecule has 2 aromatic carbocycles. The van der Waals surface area contributed by atoms with Gasteiger partial charge in [-0.15, -0.1) is 0 Å². The molecule has 2 atom stereocenters. The molecule has 0 aliphatic heterocycles. The predicted octanol–water partition coefficient (Wildman–Crippen LogP) is 3.59. The van der Waals surface area contributed by atoms with Gasteiger partial charge in [-0.1, -0.05) is 43.5 Å². The van der Waals surface area contributed by atoms with Crippen LogP contribution in [0.1, 0.15) is 61.8 Å². The van der Waals surface area contributed by atoms with Crippen LogP contribution in [-0.4, -0.2) is 40.4 Å². The quantitative estimate of drug-likeness (QED) is 0.389. The van der Waals surface area contributed by atoms with Crippen molar-refractivity contribution in [3.63, 3.8) is 0 Å². The Kier molecular flexibility index (Phi) is 8.94. The number of phenols is 2. The second-order valence-electron chi connectivity index (χ2n) is 9.12. The zero-order valence-corrected chi connectivity index (χ0v) is 18.9. The van der Waals surface area contributed by atoms with Crippen LogP contribution in [0.5, 0.6) is 11.5 Å². The average molecular weight is 441 g/mol. The van der Waals surface area contributed by atoms with Gasteiger partial charge in [-0.3, -0.25) is 4.79 Å². The Morgan fingerprint density at radius 2 is 1.72 bits per heavy atom. The van der Waals surface area contributed by atoms with Gasteiger partial charge < -0.3 is 26.0 Å². The van der Waals surface area contributed by atoms with E-state index in [-0.39, 0.29) is 23.4 Å². The highest BCUT2D eigenvalue weighted by molar-refractivity contribution is 5.78. The summed E-state index contributed by atoms with van der Waals surface area (Å²) in [5.41, 5.74) is 2.60. The number of amides is 1. The van der Waals surface area contributed by atoms with E-state index < -0.39 is 6.10 Å². The van der Waals surface area contributed by atoms with Gasteiger partial charge in [0.2, 0.25) is 5.91 Å². The maximum atomic E-state index is 12.4. The lowest BCUT2D eigenvalue weighted by Gasteiger charge is -2.21. The number of carbonyl (C=O) groups excluding carboxylic acids is 1. The Morgan fingerprint density at radius 1 is 1.03 bits per heavy atom. The molecular weight excluding hydrogens is 404 g/mol. The number of aliphatic hydroxyl groups is 1. The van der Waals surface area contributed by atoms with E-state index in [4.69, 9.17) is 0 Å². The zero-order chi connectivity index (χ0) is 22.9. The highest BCUT2D eigenvalue weighted by atomic mass is 16.3. The minimum absolute atomic E-state index is 0.0771. The number of phenolic OH excluding ortho intramolecular Hbond substituents is 2. The first kappa shape index (κ1) is 24.1. The van der Waals surface area contributed by atoms with E-state index in [1.165, 1.54) is 50.3 Å². The molecule has 1 saturated carbocycles. The third-order valence-electron chi connectivity index (χ3n) is 6.18. The molecule has 0 radical (unpaired) electrons. The molecule has 0 spiro atoms. The van der Waals surface area contributed by atoms with Crippen molar-refractivity contribution < 1.29 is 20.1 Å². The Morgan fingerprint density at radius 3 is 2.44 bits per heavy atom. The summed E-state index contributed by atoms with van der Waals surface area (Å²) in [6, 6.07) is 12.3. The van der Waals surface area contributed by atoms with Gasteiger partial charge in [-0.25, -0.2) is 0 Å². The number of carbonyl (C=O) groups is 1. The van der Waals surface area contributed by atoms with Crippen LogP contribution < -0.4 is 10.6 Å². The van der Waals surface area contributed by atoms with Crippen molar-refractivity contribution in [2.75, 3.05) is 13.1 Å². The Bertz CT molecular complexity index is 860. The first-order valence-electron chi connectivity index (χ1n) is 11.7. The summed E-state index contributed by atoms with van der Waals surface area (Å²) in [5, 5.41) is 35.9. The van der Waals surface area contributed by atoms with Crippen molar-refractivity contribution in [1.82, 2.24) is 10.6 Å². The van der Waals surface area contributed by atoms with Gasteiger partial charge in [0.05, 0.1) is 12.5 Å². The lowest BCUT2D eigenvalue weighted by molar-refractivity contribution is -0.120. The van der Waals surface area contributed by atoms with Crippen LogP contribution in [0.25, 0.3) is 0 Å². The number of benzene rings is 2. The monoisotopic (exact) mass is 440 g/mol. The van der Waals surface area contributed by atoms with Crippen molar-refractivity contribution in [2.45, 2.75) is 64.0 Å². The minimum atomic E-state index is -0.838. The average Bonchev–Trinajstić information content (AvgIpc) is 2.76. The molecule has 174 valence electrons. The van der Waals surface area contributed by atoms with E-state index in [9.17, 15) is 20.1 Å². The summed E-state index contributed by atoms with van der Waals surface area (Å²) < 4.78 is 0. The third kappa shape index (κ3) is 7.84. The zero-order valence-electron chi connectivity index (χ0n) is 18.9. The van der Waals surface area contributed by atoms with Crippen LogP contribution in [0.2, 0.25) is 0 Å². The normalized spacial score (nSPS) is 16.4. The fraction of sp³-hybridized carbons (Fsp3) is 0.500. The molecule has 1 aliphatic rings. The van der Waals surface area contributed by atoms with Gasteiger partial charge in [-0.05, 0) is 60.9 Å². The van der Waals surface area contributed by atoms with E-state index >= 15 is 0 Å². The maximum Gasteiger partial charge on any atom is 0.224 e. The van der Waals surface area contributed by atoms with Crippen molar-refractivity contribution in [3.8, 4) is 11.5 Å². The Labute approximate surface area is 190 Å². The standard InChI is InChI=1S/C26H36N2O4/c1-18(27-17-25(31)22-13-23(29)15-24(30)14-22)10-20-8-5-9-21(11-20)12-26(32)28-16-19-6-3-2-4-7-19/h5,8-9,11,13-15,18-19,25,27,29-31H,2-4,6-7,10,12,16-17H2,1H3,(H,28,32). The molecule has 1 fully saturated rings. The first-order valence-corrected chi connectivity index (χ1v) is 11.7. The second-order valence-corrected chi connectivity index (χ2v) is 9.12. The highest BCUT2D eigenvalue weighted by Gasteiger charge is 2.15.